The fraction of sp³-hybridized carbons (Fsp3) is 0.200. The number of esters is 1. The lowest BCUT2D eigenvalue weighted by atomic mass is 9.92. The van der Waals surface area contributed by atoms with Crippen LogP contribution in [0.4, 0.5) is 0 Å². The average molecular weight is 659 g/mol. The lowest BCUT2D eigenvalue weighted by Crippen LogP contribution is -2.37. The monoisotopic (exact) mass is 658 g/mol. The molecule has 0 saturated carbocycles. The maximum Gasteiger partial charge on any atom is 0.336 e. The molecule has 0 aliphatic carbocycles. The Morgan fingerprint density at radius 2 is 1.44 bits per heavy atom. The van der Waals surface area contributed by atoms with Gasteiger partial charge < -0.3 is 54.0 Å². The molecule has 4 aromatic rings. The number of carbonyl (C=O) groups excluding carboxylic acids is 2. The van der Waals surface area contributed by atoms with Gasteiger partial charge in [-0.05, 0) is 53.6 Å². The van der Waals surface area contributed by atoms with E-state index in [1.54, 1.807) is 30.3 Å². The number of ketones is 1. The van der Waals surface area contributed by atoms with Crippen molar-refractivity contribution in [1.82, 2.24) is 0 Å². The second-order valence-electron chi connectivity index (χ2n) is 10.9. The minimum atomic E-state index is -1.72. The van der Waals surface area contributed by atoms with Gasteiger partial charge in [-0.1, -0.05) is 18.2 Å². The van der Waals surface area contributed by atoms with E-state index in [4.69, 9.17) is 28.4 Å². The first-order valence-corrected chi connectivity index (χ1v) is 14.6. The van der Waals surface area contributed by atoms with E-state index in [2.05, 4.69) is 0 Å². The molecule has 0 bridgehead atoms. The standard InChI is InChI=1S/C35H30O13/c1-43-25-11-17(3-7-21(25)37)4-10-30(40)45-20-14-23(39)31-28(15-20)48-35(33(42)32(31)41)19-6-9-24-27(13-19)47-34(29(16-36)46-24)18-5-8-22(38)26(12-18)44-2/h3-15,29,33-39,42H,16H2,1-2H3/b10-4+/t29-,33-,34-,35+/m0/s1. The highest BCUT2D eigenvalue weighted by molar-refractivity contribution is 6.05. The van der Waals surface area contributed by atoms with E-state index in [9.17, 15) is 35.1 Å². The molecule has 0 spiro atoms. The summed E-state index contributed by atoms with van der Waals surface area (Å²) in [6.07, 6.45) is -2.03. The molecule has 13 nitrogen and oxygen atoms in total. The van der Waals surface area contributed by atoms with E-state index in [0.717, 1.165) is 12.1 Å². The molecule has 0 unspecified atom stereocenters. The number of carbonyl (C=O) groups is 2. The van der Waals surface area contributed by atoms with Gasteiger partial charge in [-0.25, -0.2) is 4.79 Å². The summed E-state index contributed by atoms with van der Waals surface area (Å²) in [6.45, 7) is -0.386. The fourth-order valence-electron chi connectivity index (χ4n) is 5.44. The largest absolute Gasteiger partial charge is 0.507 e. The van der Waals surface area contributed by atoms with Crippen molar-refractivity contribution in [3.8, 4) is 51.7 Å². The number of hydrogen-bond donors (Lipinski definition) is 5. The van der Waals surface area contributed by atoms with Crippen molar-refractivity contribution in [2.45, 2.75) is 24.4 Å². The number of Topliss-reactive ketones (excluding diaryl/α,β-unsaturated/α-hetero) is 1. The number of rotatable bonds is 8. The fourth-order valence-corrected chi connectivity index (χ4v) is 5.44. The number of phenolic OH excluding ortho intramolecular Hbond substituents is 3. The highest BCUT2D eigenvalue weighted by atomic mass is 16.6. The highest BCUT2D eigenvalue weighted by Crippen LogP contribution is 2.46. The quantitative estimate of drug-likeness (QED) is 0.104. The first-order chi connectivity index (χ1) is 23.1. The van der Waals surface area contributed by atoms with E-state index in [0.29, 0.717) is 22.4 Å². The van der Waals surface area contributed by atoms with Crippen LogP contribution >= 0.6 is 0 Å². The Morgan fingerprint density at radius 3 is 2.17 bits per heavy atom. The van der Waals surface area contributed by atoms with E-state index < -0.39 is 41.9 Å². The van der Waals surface area contributed by atoms with Gasteiger partial charge >= 0.3 is 5.97 Å². The Bertz CT molecular complexity index is 1920. The third kappa shape index (κ3) is 6.11. The van der Waals surface area contributed by atoms with Gasteiger partial charge in [-0.2, -0.15) is 0 Å². The molecule has 0 radical (unpaired) electrons. The first kappa shape index (κ1) is 32.0. The van der Waals surface area contributed by atoms with Crippen LogP contribution in [0, 0.1) is 0 Å². The number of benzene rings is 4. The average Bonchev–Trinajstić information content (AvgIpc) is 3.08. The van der Waals surface area contributed by atoms with Gasteiger partial charge in [0, 0.05) is 23.8 Å². The Labute approximate surface area is 273 Å². The molecule has 6 rings (SSSR count). The van der Waals surface area contributed by atoms with Gasteiger partial charge in [0.15, 0.2) is 58.9 Å². The lowest BCUT2D eigenvalue weighted by molar-refractivity contribution is -0.128. The minimum Gasteiger partial charge on any atom is -0.507 e. The zero-order valence-corrected chi connectivity index (χ0v) is 25.5. The molecule has 2 heterocycles. The summed E-state index contributed by atoms with van der Waals surface area (Å²) in [5.74, 6) is -1.65. The summed E-state index contributed by atoms with van der Waals surface area (Å²) in [5.41, 5.74) is 1.13. The van der Waals surface area contributed by atoms with Crippen LogP contribution in [0.3, 0.4) is 0 Å². The molecule has 0 aromatic heterocycles. The van der Waals surface area contributed by atoms with Crippen molar-refractivity contribution in [3.63, 3.8) is 0 Å². The van der Waals surface area contributed by atoms with E-state index in [1.165, 1.54) is 50.6 Å². The van der Waals surface area contributed by atoms with E-state index in [-0.39, 0.29) is 52.4 Å². The Hall–Kier alpha value is -5.92. The normalized spacial score (nSPS) is 19.7. The lowest BCUT2D eigenvalue weighted by Gasteiger charge is -2.35. The van der Waals surface area contributed by atoms with Crippen LogP contribution in [0.15, 0.2) is 72.8 Å². The molecule has 48 heavy (non-hydrogen) atoms. The van der Waals surface area contributed by atoms with Crippen molar-refractivity contribution >= 4 is 17.8 Å². The summed E-state index contributed by atoms with van der Waals surface area (Å²) in [7, 11) is 2.79. The Balaban J connectivity index is 1.24. The van der Waals surface area contributed by atoms with E-state index in [1.807, 2.05) is 0 Å². The topological polar surface area (TPSA) is 191 Å². The van der Waals surface area contributed by atoms with Crippen molar-refractivity contribution in [2.24, 2.45) is 0 Å². The maximum absolute atomic E-state index is 13.2. The van der Waals surface area contributed by atoms with E-state index >= 15 is 0 Å². The number of ether oxygens (including phenoxy) is 6. The third-order valence-electron chi connectivity index (χ3n) is 7.82. The van der Waals surface area contributed by atoms with Crippen LogP contribution in [-0.4, -0.2) is 70.3 Å². The molecule has 5 N–H and O–H groups in total. The first-order valence-electron chi connectivity index (χ1n) is 14.6. The van der Waals surface area contributed by atoms with Crippen molar-refractivity contribution < 1.29 is 63.5 Å². The molecule has 2 aliphatic heterocycles. The molecule has 0 amide bonds. The molecular weight excluding hydrogens is 628 g/mol. The molecule has 0 fully saturated rings. The predicted octanol–water partition coefficient (Wildman–Crippen LogP) is 3.99. The van der Waals surface area contributed by atoms with Gasteiger partial charge in [-0.15, -0.1) is 0 Å². The summed E-state index contributed by atoms with van der Waals surface area (Å²) in [6, 6.07) is 16.0. The van der Waals surface area contributed by atoms with Gasteiger partial charge in [-0.3, -0.25) is 4.79 Å². The summed E-state index contributed by atoms with van der Waals surface area (Å²) in [4.78, 5) is 25.8. The maximum atomic E-state index is 13.2. The molecule has 0 saturated heterocycles. The molecule has 4 atom stereocenters. The summed E-state index contributed by atoms with van der Waals surface area (Å²) >= 11 is 0. The second kappa shape index (κ2) is 13.1. The Morgan fingerprint density at radius 1 is 0.771 bits per heavy atom. The summed E-state index contributed by atoms with van der Waals surface area (Å²) < 4.78 is 33.8. The van der Waals surface area contributed by atoms with Gasteiger partial charge in [0.1, 0.15) is 22.8 Å². The Kier molecular flexibility index (Phi) is 8.72. The number of hydrogen-bond acceptors (Lipinski definition) is 13. The second-order valence-corrected chi connectivity index (χ2v) is 10.9. The third-order valence-corrected chi connectivity index (χ3v) is 7.82. The molecule has 4 aromatic carbocycles. The highest BCUT2D eigenvalue weighted by Gasteiger charge is 2.41. The number of aliphatic hydroxyl groups is 2. The van der Waals surface area contributed by atoms with Crippen LogP contribution in [0.2, 0.25) is 0 Å². The number of phenols is 3. The molecule has 2 aliphatic rings. The number of aliphatic hydroxyl groups excluding tert-OH is 2. The van der Waals surface area contributed by atoms with Crippen LogP contribution in [0.5, 0.6) is 51.7 Å². The van der Waals surface area contributed by atoms with Crippen molar-refractivity contribution in [3.05, 3.63) is 95.1 Å². The van der Waals surface area contributed by atoms with Crippen LogP contribution in [0.1, 0.15) is 39.3 Å². The summed E-state index contributed by atoms with van der Waals surface area (Å²) in [5, 5.41) is 51.4. The van der Waals surface area contributed by atoms with Gasteiger partial charge in [0.2, 0.25) is 5.78 Å². The number of aromatic hydroxyl groups is 3. The van der Waals surface area contributed by atoms with Gasteiger partial charge in [0.05, 0.1) is 20.8 Å². The molecule has 13 heteroatoms. The van der Waals surface area contributed by atoms with Crippen molar-refractivity contribution in [2.75, 3.05) is 20.8 Å². The molecular formula is C35H30O13. The zero-order valence-electron chi connectivity index (χ0n) is 25.5. The number of methoxy groups -OCH3 is 2. The van der Waals surface area contributed by atoms with Crippen LogP contribution in [-0.2, 0) is 4.79 Å². The zero-order chi connectivity index (χ0) is 34.1. The smallest absolute Gasteiger partial charge is 0.336 e. The molecule has 248 valence electrons. The van der Waals surface area contributed by atoms with Crippen molar-refractivity contribution in [1.29, 1.82) is 0 Å². The van der Waals surface area contributed by atoms with Gasteiger partial charge in [0.25, 0.3) is 0 Å². The van der Waals surface area contributed by atoms with Crippen LogP contribution < -0.4 is 28.4 Å². The minimum absolute atomic E-state index is 0.0642. The van der Waals surface area contributed by atoms with Crippen LogP contribution in [0.25, 0.3) is 6.08 Å². The predicted molar refractivity (Wildman–Crippen MR) is 167 cm³/mol. The number of fused-ring (bicyclic) bond motifs is 2. The SMILES string of the molecule is COc1cc(/C=C/C(=O)Oc2cc(O)c3c(c2)O[C@H](c2ccc4c(c2)O[C@@H](c2ccc(O)c(OC)c2)[C@H](CO)O4)[C@@H](O)C3=O)ccc1O.